The average Bonchev–Trinajstić information content (AvgIpc) is 2.23. The van der Waals surface area contributed by atoms with Crippen molar-refractivity contribution in [3.8, 4) is 11.8 Å². The highest BCUT2D eigenvalue weighted by Gasteiger charge is 2.08. The van der Waals surface area contributed by atoms with Crippen LogP contribution in [0.15, 0.2) is 12.1 Å². The molecule has 0 heterocycles. The van der Waals surface area contributed by atoms with Crippen LogP contribution in [-0.2, 0) is 4.79 Å². The molecule has 0 unspecified atom stereocenters. The molecule has 0 radical (unpaired) electrons. The molecular weight excluding hydrogens is 204 g/mol. The number of nitrogens with zero attached hydrogens (tertiary/aromatic N) is 1. The molecule has 0 fully saturated rings. The third-order valence-electron chi connectivity index (χ3n) is 2.33. The number of carbonyl (C=O) groups is 1. The quantitative estimate of drug-likeness (QED) is 0.845. The van der Waals surface area contributed by atoms with E-state index in [1.165, 1.54) is 0 Å². The SMILES string of the molecule is COc1cc(C)c(C)cc1NC(=O)CC#N. The maximum absolute atomic E-state index is 11.3. The van der Waals surface area contributed by atoms with E-state index in [0.29, 0.717) is 11.4 Å². The molecule has 0 aliphatic heterocycles. The van der Waals surface area contributed by atoms with E-state index in [4.69, 9.17) is 10.00 Å². The molecule has 1 rings (SSSR count). The number of nitrogens with one attached hydrogen (secondary N) is 1. The highest BCUT2D eigenvalue weighted by Crippen LogP contribution is 2.27. The topological polar surface area (TPSA) is 62.1 Å². The second-order valence-electron chi connectivity index (χ2n) is 3.52. The highest BCUT2D eigenvalue weighted by molar-refractivity contribution is 5.93. The Morgan fingerprint density at radius 1 is 1.44 bits per heavy atom. The lowest BCUT2D eigenvalue weighted by Gasteiger charge is -2.12. The van der Waals surface area contributed by atoms with Crippen molar-refractivity contribution in [2.75, 3.05) is 12.4 Å². The first-order chi connectivity index (χ1) is 7.58. The van der Waals surface area contributed by atoms with Crippen LogP contribution in [0.3, 0.4) is 0 Å². The van der Waals surface area contributed by atoms with Gasteiger partial charge in [0, 0.05) is 0 Å². The Bertz CT molecular complexity index is 447. The number of methoxy groups -OCH3 is 1. The minimum atomic E-state index is -0.330. The van der Waals surface area contributed by atoms with E-state index in [1.54, 1.807) is 13.2 Å². The van der Waals surface area contributed by atoms with Crippen molar-refractivity contribution in [2.24, 2.45) is 0 Å². The van der Waals surface area contributed by atoms with Gasteiger partial charge in [0.25, 0.3) is 0 Å². The summed E-state index contributed by atoms with van der Waals surface area (Å²) < 4.78 is 5.16. The largest absolute Gasteiger partial charge is 0.495 e. The van der Waals surface area contributed by atoms with Crippen molar-refractivity contribution in [2.45, 2.75) is 20.3 Å². The fourth-order valence-corrected chi connectivity index (χ4v) is 1.32. The van der Waals surface area contributed by atoms with Crippen molar-refractivity contribution >= 4 is 11.6 Å². The van der Waals surface area contributed by atoms with Gasteiger partial charge in [-0.15, -0.1) is 0 Å². The molecule has 4 nitrogen and oxygen atoms in total. The third kappa shape index (κ3) is 2.74. The van der Waals surface area contributed by atoms with Crippen LogP contribution >= 0.6 is 0 Å². The Morgan fingerprint density at radius 3 is 2.62 bits per heavy atom. The summed E-state index contributed by atoms with van der Waals surface area (Å²) in [5, 5.41) is 11.0. The van der Waals surface area contributed by atoms with Crippen molar-refractivity contribution in [3.63, 3.8) is 0 Å². The zero-order valence-corrected chi connectivity index (χ0v) is 9.63. The molecular formula is C12H14N2O2. The summed E-state index contributed by atoms with van der Waals surface area (Å²) >= 11 is 0. The van der Waals surface area contributed by atoms with Gasteiger partial charge >= 0.3 is 0 Å². The summed E-state index contributed by atoms with van der Waals surface area (Å²) in [5.41, 5.74) is 2.76. The van der Waals surface area contributed by atoms with Gasteiger partial charge in [0.2, 0.25) is 5.91 Å². The number of hydrogen-bond donors (Lipinski definition) is 1. The molecule has 0 aliphatic carbocycles. The summed E-state index contributed by atoms with van der Waals surface area (Å²) in [7, 11) is 1.55. The molecule has 4 heteroatoms. The van der Waals surface area contributed by atoms with Gasteiger partial charge in [-0.3, -0.25) is 4.79 Å². The van der Waals surface area contributed by atoms with Crippen LogP contribution in [0.4, 0.5) is 5.69 Å². The zero-order chi connectivity index (χ0) is 12.1. The highest BCUT2D eigenvalue weighted by atomic mass is 16.5. The van der Waals surface area contributed by atoms with Gasteiger partial charge in [0.15, 0.2) is 0 Å². The van der Waals surface area contributed by atoms with Gasteiger partial charge in [-0.05, 0) is 37.1 Å². The van der Waals surface area contributed by atoms with Crippen LogP contribution in [0.25, 0.3) is 0 Å². The number of benzene rings is 1. The summed E-state index contributed by atoms with van der Waals surface area (Å²) in [5.74, 6) is 0.276. The lowest BCUT2D eigenvalue weighted by atomic mass is 10.1. The molecule has 0 spiro atoms. The van der Waals surface area contributed by atoms with Gasteiger partial charge < -0.3 is 10.1 Å². The molecule has 0 aromatic heterocycles. The van der Waals surface area contributed by atoms with E-state index < -0.39 is 0 Å². The van der Waals surface area contributed by atoms with E-state index in [2.05, 4.69) is 5.32 Å². The number of nitriles is 1. The molecule has 1 N–H and O–H groups in total. The van der Waals surface area contributed by atoms with E-state index in [-0.39, 0.29) is 12.3 Å². The molecule has 16 heavy (non-hydrogen) atoms. The van der Waals surface area contributed by atoms with Gasteiger partial charge in [0.05, 0.1) is 18.9 Å². The fraction of sp³-hybridized carbons (Fsp3) is 0.333. The Labute approximate surface area is 94.8 Å². The molecule has 1 aromatic carbocycles. The number of carbonyl (C=O) groups excluding carboxylic acids is 1. The lowest BCUT2D eigenvalue weighted by Crippen LogP contribution is -2.11. The van der Waals surface area contributed by atoms with Crippen molar-refractivity contribution in [1.82, 2.24) is 0 Å². The standard InChI is InChI=1S/C12H14N2O2/c1-8-6-10(14-12(15)4-5-13)11(16-3)7-9(8)2/h6-7H,4H2,1-3H3,(H,14,15). The molecule has 0 aliphatic rings. The molecule has 1 amide bonds. The molecule has 0 bridgehead atoms. The number of hydrogen-bond acceptors (Lipinski definition) is 3. The Balaban J connectivity index is 2.99. The normalized spacial score (nSPS) is 9.38. The molecule has 1 aromatic rings. The van der Waals surface area contributed by atoms with Crippen LogP contribution in [0.1, 0.15) is 17.5 Å². The van der Waals surface area contributed by atoms with Gasteiger partial charge in [-0.25, -0.2) is 0 Å². The summed E-state index contributed by atoms with van der Waals surface area (Å²) in [6, 6.07) is 5.49. The summed E-state index contributed by atoms with van der Waals surface area (Å²) in [6.07, 6.45) is -0.157. The number of amides is 1. The van der Waals surface area contributed by atoms with E-state index >= 15 is 0 Å². The Morgan fingerprint density at radius 2 is 2.06 bits per heavy atom. The van der Waals surface area contributed by atoms with Crippen LogP contribution in [-0.4, -0.2) is 13.0 Å². The van der Waals surface area contributed by atoms with E-state index in [9.17, 15) is 4.79 Å². The smallest absolute Gasteiger partial charge is 0.238 e. The summed E-state index contributed by atoms with van der Waals surface area (Å²) in [4.78, 5) is 11.3. The zero-order valence-electron chi connectivity index (χ0n) is 9.63. The summed E-state index contributed by atoms with van der Waals surface area (Å²) in [6.45, 7) is 3.92. The van der Waals surface area contributed by atoms with Crippen molar-refractivity contribution in [3.05, 3.63) is 23.3 Å². The van der Waals surface area contributed by atoms with Crippen molar-refractivity contribution in [1.29, 1.82) is 5.26 Å². The first-order valence-corrected chi connectivity index (χ1v) is 4.90. The van der Waals surface area contributed by atoms with Gasteiger partial charge in [-0.1, -0.05) is 0 Å². The first-order valence-electron chi connectivity index (χ1n) is 4.90. The number of anilines is 1. The maximum atomic E-state index is 11.3. The minimum Gasteiger partial charge on any atom is -0.495 e. The minimum absolute atomic E-state index is 0.157. The molecule has 0 saturated heterocycles. The number of rotatable bonds is 3. The number of ether oxygens (including phenoxy) is 1. The van der Waals surface area contributed by atoms with Crippen LogP contribution in [0.5, 0.6) is 5.75 Å². The third-order valence-corrected chi connectivity index (χ3v) is 2.33. The fourth-order valence-electron chi connectivity index (χ4n) is 1.32. The molecule has 0 atom stereocenters. The van der Waals surface area contributed by atoms with Crippen LogP contribution in [0, 0.1) is 25.2 Å². The monoisotopic (exact) mass is 218 g/mol. The lowest BCUT2D eigenvalue weighted by molar-refractivity contribution is -0.115. The van der Waals surface area contributed by atoms with E-state index in [1.807, 2.05) is 26.0 Å². The van der Waals surface area contributed by atoms with Crippen LogP contribution in [0.2, 0.25) is 0 Å². The van der Waals surface area contributed by atoms with Gasteiger partial charge in [-0.2, -0.15) is 5.26 Å². The Hall–Kier alpha value is -2.02. The second kappa shape index (κ2) is 5.17. The predicted molar refractivity (Wildman–Crippen MR) is 61.3 cm³/mol. The van der Waals surface area contributed by atoms with Crippen LogP contribution < -0.4 is 10.1 Å². The second-order valence-corrected chi connectivity index (χ2v) is 3.52. The molecule has 0 saturated carbocycles. The molecule has 84 valence electrons. The number of aryl methyl sites for hydroxylation is 2. The maximum Gasteiger partial charge on any atom is 0.238 e. The first kappa shape index (κ1) is 12.1. The predicted octanol–water partition coefficient (Wildman–Crippen LogP) is 2.16. The van der Waals surface area contributed by atoms with E-state index in [0.717, 1.165) is 11.1 Å². The Kier molecular flexibility index (Phi) is 3.90. The van der Waals surface area contributed by atoms with Gasteiger partial charge in [0.1, 0.15) is 12.2 Å². The van der Waals surface area contributed by atoms with Crippen molar-refractivity contribution < 1.29 is 9.53 Å². The average molecular weight is 218 g/mol.